The Morgan fingerprint density at radius 1 is 1.47 bits per heavy atom. The van der Waals surface area contributed by atoms with E-state index >= 15 is 0 Å². The maximum atomic E-state index is 10.0. The van der Waals surface area contributed by atoms with E-state index in [1.54, 1.807) is 13.2 Å². The van der Waals surface area contributed by atoms with Crippen molar-refractivity contribution in [1.82, 2.24) is 5.32 Å². The van der Waals surface area contributed by atoms with Crippen LogP contribution in [0.3, 0.4) is 0 Å². The minimum atomic E-state index is 0.0184. The highest BCUT2D eigenvalue weighted by Crippen LogP contribution is 2.31. The second-order valence-corrected chi connectivity index (χ2v) is 5.09. The van der Waals surface area contributed by atoms with Crippen LogP contribution in [0.2, 0.25) is 0 Å². The Hall–Kier alpha value is -1.73. The average Bonchev–Trinajstić information content (AvgIpc) is 2.85. The van der Waals surface area contributed by atoms with E-state index in [1.165, 1.54) is 0 Å². The molecule has 2 N–H and O–H groups in total. The van der Waals surface area contributed by atoms with Gasteiger partial charge in [0.05, 0.1) is 19.1 Å². The average molecular weight is 260 g/mol. The van der Waals surface area contributed by atoms with Crippen LogP contribution in [0.5, 0.6) is 11.5 Å². The molecule has 1 fully saturated rings. The van der Waals surface area contributed by atoms with Crippen molar-refractivity contribution < 1.29 is 9.84 Å². The maximum absolute atomic E-state index is 10.0. The monoisotopic (exact) mass is 260 g/mol. The zero-order valence-corrected chi connectivity index (χ0v) is 11.4. The predicted octanol–water partition coefficient (Wildman–Crippen LogP) is 2.74. The number of methoxy groups -OCH3 is 1. The third-order valence-corrected chi connectivity index (χ3v) is 3.85. The third-order valence-electron chi connectivity index (χ3n) is 3.85. The first kappa shape index (κ1) is 13.7. The molecule has 4 nitrogen and oxygen atoms in total. The zero-order chi connectivity index (χ0) is 13.8. The third kappa shape index (κ3) is 2.99. The first-order valence-electron chi connectivity index (χ1n) is 6.68. The van der Waals surface area contributed by atoms with Crippen molar-refractivity contribution in [2.45, 2.75) is 38.3 Å². The summed E-state index contributed by atoms with van der Waals surface area (Å²) in [5, 5.41) is 22.5. The van der Waals surface area contributed by atoms with Gasteiger partial charge in [0.25, 0.3) is 0 Å². The summed E-state index contributed by atoms with van der Waals surface area (Å²) in [7, 11) is 1.58. The molecular formula is C15H20N2O2. The van der Waals surface area contributed by atoms with Gasteiger partial charge in [-0.3, -0.25) is 0 Å². The summed E-state index contributed by atoms with van der Waals surface area (Å²) >= 11 is 0. The van der Waals surface area contributed by atoms with Gasteiger partial charge in [0, 0.05) is 23.7 Å². The molecule has 1 saturated carbocycles. The van der Waals surface area contributed by atoms with Crippen molar-refractivity contribution in [2.75, 3.05) is 7.11 Å². The minimum Gasteiger partial charge on any atom is -0.507 e. The van der Waals surface area contributed by atoms with Crippen LogP contribution < -0.4 is 10.1 Å². The topological polar surface area (TPSA) is 65.3 Å². The van der Waals surface area contributed by atoms with Crippen molar-refractivity contribution in [3.05, 3.63) is 23.8 Å². The molecule has 102 valence electrons. The fourth-order valence-corrected chi connectivity index (χ4v) is 2.74. The summed E-state index contributed by atoms with van der Waals surface area (Å²) in [6, 6.07) is 7.92. The van der Waals surface area contributed by atoms with Gasteiger partial charge < -0.3 is 15.2 Å². The van der Waals surface area contributed by atoms with E-state index in [2.05, 4.69) is 11.4 Å². The van der Waals surface area contributed by atoms with Gasteiger partial charge in [-0.15, -0.1) is 0 Å². The lowest BCUT2D eigenvalue weighted by Gasteiger charge is -2.22. The number of nitrogens with one attached hydrogen (secondary N) is 1. The Balaban J connectivity index is 2.07. The molecule has 1 aromatic carbocycles. The molecule has 19 heavy (non-hydrogen) atoms. The Morgan fingerprint density at radius 3 is 2.89 bits per heavy atom. The number of aromatic hydroxyl groups is 1. The number of ether oxygens (including phenoxy) is 1. The fraction of sp³-hybridized carbons (Fsp3) is 0.533. The van der Waals surface area contributed by atoms with Crippen LogP contribution in [0.15, 0.2) is 18.2 Å². The number of phenolic OH excluding ortho intramolecular Hbond substituents is 1. The van der Waals surface area contributed by atoms with Crippen molar-refractivity contribution >= 4 is 0 Å². The van der Waals surface area contributed by atoms with Gasteiger partial charge in [0.1, 0.15) is 11.5 Å². The van der Waals surface area contributed by atoms with E-state index in [0.717, 1.165) is 24.8 Å². The smallest absolute Gasteiger partial charge is 0.124 e. The second kappa shape index (κ2) is 5.94. The molecule has 3 atom stereocenters. The van der Waals surface area contributed by atoms with Gasteiger partial charge in [0.15, 0.2) is 0 Å². The van der Waals surface area contributed by atoms with Crippen LogP contribution in [0.25, 0.3) is 0 Å². The number of hydrogen-bond donors (Lipinski definition) is 2. The molecule has 0 spiro atoms. The largest absolute Gasteiger partial charge is 0.507 e. The van der Waals surface area contributed by atoms with Gasteiger partial charge in [0.2, 0.25) is 0 Å². The fourth-order valence-electron chi connectivity index (χ4n) is 2.74. The van der Waals surface area contributed by atoms with Crippen LogP contribution in [0.4, 0.5) is 0 Å². The number of benzene rings is 1. The first-order chi connectivity index (χ1) is 9.15. The molecule has 0 radical (unpaired) electrons. The van der Waals surface area contributed by atoms with Gasteiger partial charge in [-0.2, -0.15) is 5.26 Å². The zero-order valence-electron chi connectivity index (χ0n) is 11.4. The number of rotatable bonds is 4. The normalized spacial score (nSPS) is 23.8. The second-order valence-electron chi connectivity index (χ2n) is 5.09. The molecule has 1 aromatic rings. The number of phenols is 1. The highest BCUT2D eigenvalue weighted by Gasteiger charge is 2.28. The van der Waals surface area contributed by atoms with E-state index < -0.39 is 0 Å². The molecule has 0 amide bonds. The molecule has 0 heterocycles. The predicted molar refractivity (Wildman–Crippen MR) is 73.0 cm³/mol. The van der Waals surface area contributed by atoms with E-state index in [4.69, 9.17) is 10.00 Å². The minimum absolute atomic E-state index is 0.0184. The molecule has 0 aliphatic heterocycles. The number of nitriles is 1. The lowest BCUT2D eigenvalue weighted by molar-refractivity contribution is 0.391. The molecule has 0 saturated heterocycles. The Labute approximate surface area is 114 Å². The summed E-state index contributed by atoms with van der Waals surface area (Å²) in [6.45, 7) is 2.01. The van der Waals surface area contributed by atoms with Gasteiger partial charge in [-0.05, 0) is 25.8 Å². The van der Waals surface area contributed by atoms with E-state index in [9.17, 15) is 5.11 Å². The lowest BCUT2D eigenvalue weighted by atomic mass is 10.0. The van der Waals surface area contributed by atoms with Crippen LogP contribution in [-0.2, 0) is 0 Å². The molecule has 1 aliphatic carbocycles. The van der Waals surface area contributed by atoms with E-state index in [1.807, 2.05) is 19.1 Å². The first-order valence-corrected chi connectivity index (χ1v) is 6.68. The van der Waals surface area contributed by atoms with E-state index in [0.29, 0.717) is 5.75 Å². The standard InChI is InChI=1S/C15H20N2O2/c1-10(17-14-5-3-4-11(14)9-16)13-7-6-12(19-2)8-15(13)18/h6-8,10-11,14,17-18H,3-5H2,1-2H3. The number of nitrogens with zero attached hydrogens (tertiary/aromatic N) is 1. The van der Waals surface area contributed by atoms with Gasteiger partial charge in [-0.1, -0.05) is 12.5 Å². The molecular weight excluding hydrogens is 240 g/mol. The molecule has 4 heteroatoms. The maximum Gasteiger partial charge on any atom is 0.124 e. The van der Waals surface area contributed by atoms with Crippen molar-refractivity contribution in [3.63, 3.8) is 0 Å². The quantitative estimate of drug-likeness (QED) is 0.873. The summed E-state index contributed by atoms with van der Waals surface area (Å²) < 4.78 is 5.07. The highest BCUT2D eigenvalue weighted by atomic mass is 16.5. The van der Waals surface area contributed by atoms with Crippen molar-refractivity contribution in [2.24, 2.45) is 5.92 Å². The Morgan fingerprint density at radius 2 is 2.26 bits per heavy atom. The molecule has 0 aromatic heterocycles. The molecule has 0 bridgehead atoms. The van der Waals surface area contributed by atoms with Crippen LogP contribution in [0.1, 0.15) is 37.8 Å². The summed E-state index contributed by atoms with van der Waals surface area (Å²) in [5.41, 5.74) is 0.837. The SMILES string of the molecule is COc1ccc(C(C)NC2CCCC2C#N)c(O)c1. The molecule has 1 aliphatic rings. The van der Waals surface area contributed by atoms with Gasteiger partial charge >= 0.3 is 0 Å². The Kier molecular flexibility index (Phi) is 4.28. The van der Waals surface area contributed by atoms with E-state index in [-0.39, 0.29) is 23.8 Å². The van der Waals surface area contributed by atoms with Crippen LogP contribution >= 0.6 is 0 Å². The summed E-state index contributed by atoms with van der Waals surface area (Å²) in [5.74, 6) is 0.956. The highest BCUT2D eigenvalue weighted by molar-refractivity contribution is 5.41. The van der Waals surface area contributed by atoms with Crippen LogP contribution in [-0.4, -0.2) is 18.3 Å². The molecule has 2 rings (SSSR count). The summed E-state index contributed by atoms with van der Waals surface area (Å²) in [6.07, 6.45) is 3.09. The Bertz CT molecular complexity index is 482. The van der Waals surface area contributed by atoms with Crippen molar-refractivity contribution in [1.29, 1.82) is 5.26 Å². The van der Waals surface area contributed by atoms with Crippen molar-refractivity contribution in [3.8, 4) is 17.6 Å². The summed E-state index contributed by atoms with van der Waals surface area (Å²) in [4.78, 5) is 0. The number of hydrogen-bond acceptors (Lipinski definition) is 4. The molecule has 3 unspecified atom stereocenters. The lowest BCUT2D eigenvalue weighted by Crippen LogP contribution is -2.33. The van der Waals surface area contributed by atoms with Crippen LogP contribution in [0, 0.1) is 17.2 Å². The van der Waals surface area contributed by atoms with Gasteiger partial charge in [-0.25, -0.2) is 0 Å².